The van der Waals surface area contributed by atoms with Crippen LogP contribution in [0.15, 0.2) is 23.1 Å². The van der Waals surface area contributed by atoms with E-state index in [1.54, 1.807) is 15.5 Å². The van der Waals surface area contributed by atoms with Crippen LogP contribution >= 0.6 is 0 Å². The Morgan fingerprint density at radius 2 is 2.05 bits per heavy atom. The summed E-state index contributed by atoms with van der Waals surface area (Å²) in [5, 5.41) is 0. The van der Waals surface area contributed by atoms with Gasteiger partial charge < -0.3 is 4.90 Å². The molecule has 0 aliphatic carbocycles. The fourth-order valence-electron chi connectivity index (χ4n) is 2.90. The molecule has 0 radical (unpaired) electrons. The standard InChI is InChI=1S/C17H21N3O2/c1-11-6-5-8-20-14(11)18-13-7-9-19(10-12(13)15(20)21)16(22)17(2,3)4/h5-6,8H,7,9-10H2,1-4H3. The van der Waals surface area contributed by atoms with Gasteiger partial charge in [-0.3, -0.25) is 14.0 Å². The fraction of sp³-hybridized carbons (Fsp3) is 0.471. The zero-order valence-electron chi connectivity index (χ0n) is 13.5. The average Bonchev–Trinajstić information content (AvgIpc) is 2.47. The Morgan fingerprint density at radius 1 is 1.32 bits per heavy atom. The third-order valence-corrected chi connectivity index (χ3v) is 4.12. The van der Waals surface area contributed by atoms with E-state index in [1.165, 1.54) is 0 Å². The first-order chi connectivity index (χ1) is 10.3. The van der Waals surface area contributed by atoms with Gasteiger partial charge in [0.25, 0.3) is 5.56 Å². The highest BCUT2D eigenvalue weighted by Crippen LogP contribution is 2.23. The maximum atomic E-state index is 12.7. The lowest BCUT2D eigenvalue weighted by atomic mass is 9.93. The Bertz CT molecular complexity index is 815. The van der Waals surface area contributed by atoms with Gasteiger partial charge in [0.15, 0.2) is 0 Å². The van der Waals surface area contributed by atoms with Crippen LogP contribution in [0.1, 0.15) is 37.6 Å². The highest BCUT2D eigenvalue weighted by molar-refractivity contribution is 5.81. The SMILES string of the molecule is Cc1cccn2c(=O)c3c(nc12)CCN(C(=O)C(C)(C)C)C3. The fourth-order valence-corrected chi connectivity index (χ4v) is 2.90. The van der Waals surface area contributed by atoms with Crippen LogP contribution in [0, 0.1) is 12.3 Å². The second kappa shape index (κ2) is 4.93. The number of aryl methyl sites for hydroxylation is 1. The molecule has 0 atom stereocenters. The molecule has 1 amide bonds. The van der Waals surface area contributed by atoms with Crippen molar-refractivity contribution in [3.63, 3.8) is 0 Å². The minimum absolute atomic E-state index is 0.0601. The molecule has 1 aliphatic rings. The highest BCUT2D eigenvalue weighted by atomic mass is 16.2. The summed E-state index contributed by atoms with van der Waals surface area (Å²) >= 11 is 0. The first-order valence-corrected chi connectivity index (χ1v) is 7.58. The molecule has 0 spiro atoms. The van der Waals surface area contributed by atoms with Crippen molar-refractivity contribution in [1.82, 2.24) is 14.3 Å². The highest BCUT2D eigenvalue weighted by Gasteiger charge is 2.31. The van der Waals surface area contributed by atoms with Crippen molar-refractivity contribution >= 4 is 11.6 Å². The molecule has 5 nitrogen and oxygen atoms in total. The smallest absolute Gasteiger partial charge is 0.263 e. The van der Waals surface area contributed by atoms with E-state index < -0.39 is 5.41 Å². The normalized spacial score (nSPS) is 15.0. The minimum Gasteiger partial charge on any atom is -0.337 e. The zero-order valence-corrected chi connectivity index (χ0v) is 13.5. The number of hydrogen-bond donors (Lipinski definition) is 0. The molecule has 0 fully saturated rings. The van der Waals surface area contributed by atoms with Gasteiger partial charge in [-0.05, 0) is 18.6 Å². The largest absolute Gasteiger partial charge is 0.337 e. The Kier molecular flexibility index (Phi) is 3.31. The van der Waals surface area contributed by atoms with E-state index in [4.69, 9.17) is 0 Å². The molecule has 0 aromatic carbocycles. The molecule has 2 aromatic heterocycles. The topological polar surface area (TPSA) is 54.7 Å². The second-order valence-electron chi connectivity index (χ2n) is 6.95. The van der Waals surface area contributed by atoms with E-state index in [9.17, 15) is 9.59 Å². The van der Waals surface area contributed by atoms with E-state index in [2.05, 4.69) is 4.98 Å². The van der Waals surface area contributed by atoms with Crippen LogP contribution in [0.5, 0.6) is 0 Å². The second-order valence-corrected chi connectivity index (χ2v) is 6.95. The lowest BCUT2D eigenvalue weighted by Gasteiger charge is -2.32. The first kappa shape index (κ1) is 14.8. The molecule has 2 aromatic rings. The number of carbonyl (C=O) groups excluding carboxylic acids is 1. The lowest BCUT2D eigenvalue weighted by molar-refractivity contribution is -0.140. The van der Waals surface area contributed by atoms with Gasteiger partial charge in [-0.1, -0.05) is 26.8 Å². The number of rotatable bonds is 0. The van der Waals surface area contributed by atoms with E-state index in [0.29, 0.717) is 30.7 Å². The Balaban J connectivity index is 2.09. The minimum atomic E-state index is -0.436. The summed E-state index contributed by atoms with van der Waals surface area (Å²) in [6, 6.07) is 3.80. The van der Waals surface area contributed by atoms with Crippen LogP contribution in [0.3, 0.4) is 0 Å². The van der Waals surface area contributed by atoms with Gasteiger partial charge in [-0.15, -0.1) is 0 Å². The summed E-state index contributed by atoms with van der Waals surface area (Å²) in [4.78, 5) is 31.6. The molecule has 0 saturated heterocycles. The summed E-state index contributed by atoms with van der Waals surface area (Å²) in [6.07, 6.45) is 2.37. The molecule has 5 heteroatoms. The van der Waals surface area contributed by atoms with Crippen LogP contribution < -0.4 is 5.56 Å². The van der Waals surface area contributed by atoms with Crippen molar-refractivity contribution in [3.8, 4) is 0 Å². The maximum absolute atomic E-state index is 12.7. The van der Waals surface area contributed by atoms with Crippen molar-refractivity contribution in [2.45, 2.75) is 40.7 Å². The summed E-state index contributed by atoms with van der Waals surface area (Å²) in [5.41, 5.74) is 2.67. The number of carbonyl (C=O) groups is 1. The first-order valence-electron chi connectivity index (χ1n) is 7.58. The summed E-state index contributed by atoms with van der Waals surface area (Å²) in [7, 11) is 0. The lowest BCUT2D eigenvalue weighted by Crippen LogP contribution is -2.44. The molecular formula is C17H21N3O2. The summed E-state index contributed by atoms with van der Waals surface area (Å²) < 4.78 is 1.58. The Morgan fingerprint density at radius 3 is 2.73 bits per heavy atom. The van der Waals surface area contributed by atoms with Crippen LogP contribution in [0.25, 0.3) is 5.65 Å². The van der Waals surface area contributed by atoms with E-state index >= 15 is 0 Å². The van der Waals surface area contributed by atoms with Crippen LogP contribution in [-0.4, -0.2) is 26.7 Å². The number of nitrogens with zero attached hydrogens (tertiary/aromatic N) is 3. The quantitative estimate of drug-likeness (QED) is 0.747. The third kappa shape index (κ3) is 2.30. The van der Waals surface area contributed by atoms with Crippen molar-refractivity contribution < 1.29 is 4.79 Å². The molecule has 0 bridgehead atoms. The number of fused-ring (bicyclic) bond motifs is 2. The number of amides is 1. The van der Waals surface area contributed by atoms with Gasteiger partial charge in [0.2, 0.25) is 5.91 Å². The van der Waals surface area contributed by atoms with Gasteiger partial charge in [-0.25, -0.2) is 4.98 Å². The number of hydrogen-bond acceptors (Lipinski definition) is 3. The summed E-state index contributed by atoms with van der Waals surface area (Å²) in [6.45, 7) is 8.64. The van der Waals surface area contributed by atoms with Gasteiger partial charge in [-0.2, -0.15) is 0 Å². The van der Waals surface area contributed by atoms with Crippen molar-refractivity contribution in [2.75, 3.05) is 6.54 Å². The molecule has 116 valence electrons. The molecule has 3 rings (SSSR count). The van der Waals surface area contributed by atoms with Gasteiger partial charge in [0, 0.05) is 24.6 Å². The predicted molar refractivity (Wildman–Crippen MR) is 84.8 cm³/mol. The van der Waals surface area contributed by atoms with E-state index in [0.717, 1.165) is 11.3 Å². The monoisotopic (exact) mass is 299 g/mol. The number of pyridine rings is 1. The van der Waals surface area contributed by atoms with E-state index in [-0.39, 0.29) is 11.5 Å². The van der Waals surface area contributed by atoms with Gasteiger partial charge in [0.05, 0.1) is 17.8 Å². The Hall–Kier alpha value is -2.17. The van der Waals surface area contributed by atoms with Crippen molar-refractivity contribution in [1.29, 1.82) is 0 Å². The molecule has 3 heterocycles. The van der Waals surface area contributed by atoms with Crippen molar-refractivity contribution in [3.05, 3.63) is 45.5 Å². The van der Waals surface area contributed by atoms with E-state index in [1.807, 2.05) is 39.8 Å². The predicted octanol–water partition coefficient (Wildman–Crippen LogP) is 1.93. The molecular weight excluding hydrogens is 278 g/mol. The molecule has 1 aliphatic heterocycles. The summed E-state index contributed by atoms with van der Waals surface area (Å²) in [5.74, 6) is 0.0758. The molecule has 0 unspecified atom stereocenters. The molecule has 0 N–H and O–H groups in total. The van der Waals surface area contributed by atoms with Crippen LogP contribution in [0.2, 0.25) is 0 Å². The van der Waals surface area contributed by atoms with Gasteiger partial charge in [0.1, 0.15) is 5.65 Å². The van der Waals surface area contributed by atoms with Gasteiger partial charge >= 0.3 is 0 Å². The number of aromatic nitrogens is 2. The molecule has 0 saturated carbocycles. The zero-order chi connectivity index (χ0) is 16.1. The van der Waals surface area contributed by atoms with Crippen LogP contribution in [-0.2, 0) is 17.8 Å². The Labute approximate surface area is 129 Å². The average molecular weight is 299 g/mol. The van der Waals surface area contributed by atoms with Crippen LogP contribution in [0.4, 0.5) is 0 Å². The third-order valence-electron chi connectivity index (χ3n) is 4.12. The molecule has 22 heavy (non-hydrogen) atoms. The maximum Gasteiger partial charge on any atom is 0.263 e. The van der Waals surface area contributed by atoms with Crippen molar-refractivity contribution in [2.24, 2.45) is 5.41 Å².